The molecule has 2 saturated heterocycles. The second-order valence-corrected chi connectivity index (χ2v) is 30.2. The first-order valence-corrected chi connectivity index (χ1v) is 40.3. The van der Waals surface area contributed by atoms with Crippen molar-refractivity contribution in [2.75, 3.05) is 51.3 Å². The number of amides is 12. The Labute approximate surface area is 671 Å². The van der Waals surface area contributed by atoms with Crippen LogP contribution in [0.4, 0.5) is 0 Å². The predicted octanol–water partition coefficient (Wildman–Crippen LogP) is -1.20. The number of likely N-dealkylation sites (tertiary alicyclic amines) is 2. The lowest BCUT2D eigenvalue weighted by molar-refractivity contribution is -0.145. The Morgan fingerprint density at radius 3 is 1.70 bits per heavy atom. The van der Waals surface area contributed by atoms with E-state index in [1.165, 1.54) is 52.8 Å². The number of aliphatic imine (C=N–C) groups is 1. The number of aliphatic hydroxyl groups is 1. The maximum absolute atomic E-state index is 15.0. The highest BCUT2D eigenvalue weighted by atomic mass is 32.2. The van der Waals surface area contributed by atoms with Gasteiger partial charge in [0.1, 0.15) is 72.2 Å². The highest BCUT2D eigenvalue weighted by Crippen LogP contribution is 2.25. The molecule has 630 valence electrons. The number of para-hydroxylation sites is 1. The third kappa shape index (κ3) is 30.4. The minimum atomic E-state index is -1.72. The zero-order chi connectivity index (χ0) is 84.3. The van der Waals surface area contributed by atoms with Gasteiger partial charge in [0.2, 0.25) is 70.9 Å². The molecule has 3 aromatic carbocycles. The fraction of sp³-hybridized carbons (Fsp3) is 0.551. The number of benzene rings is 3. The number of carboxylic acid groups (broad SMARTS) is 2. The van der Waals surface area contributed by atoms with Crippen LogP contribution in [-0.4, -0.2) is 248 Å². The van der Waals surface area contributed by atoms with Crippen molar-refractivity contribution in [3.63, 3.8) is 0 Å². The summed E-state index contributed by atoms with van der Waals surface area (Å²) in [5.74, 6) is -11.5. The van der Waals surface area contributed by atoms with Gasteiger partial charge in [0.05, 0.1) is 19.1 Å². The summed E-state index contributed by atoms with van der Waals surface area (Å²) in [6.45, 7) is 4.67. The summed E-state index contributed by atoms with van der Waals surface area (Å²) < 4.78 is 0. The van der Waals surface area contributed by atoms with Gasteiger partial charge < -0.3 is 111 Å². The van der Waals surface area contributed by atoms with E-state index in [0.717, 1.165) is 10.9 Å². The van der Waals surface area contributed by atoms with Crippen LogP contribution in [0.15, 0.2) is 90.1 Å². The smallest absolute Gasteiger partial charge is 0.326 e. The Bertz CT molecular complexity index is 3980. The van der Waals surface area contributed by atoms with Gasteiger partial charge in [-0.1, -0.05) is 80.9 Å². The number of guanidine groups is 1. The molecule has 37 heteroatoms. The molecule has 12 amide bonds. The Hall–Kier alpha value is -10.9. The van der Waals surface area contributed by atoms with E-state index in [4.69, 9.17) is 22.9 Å². The molecule has 4 aromatic rings. The average molecular weight is 1620 g/mol. The summed E-state index contributed by atoms with van der Waals surface area (Å²) in [4.78, 5) is 203. The SMILES string of the molecule is CSCC[C@@H](NC(=O)[C@H]1CCCN1C(=O)[C@H](CCCCN)NC(=O)[C@H](Cc1ccccc1)NC(=O)[C@H](CO)NC(=O)[C@H](Cc1ccc(O)cc1)NC(=O)CCCCCNC(=O)[C@H](Cc1c[nH]c2ccccc12)NC(=O)[C@@H](N)CC(=O)O)C(=O)N1CCC[C@H]1C(=O)N[C@H](CC(C)C)C(=O)N[C@@H](C)C(=O)N[C@H](CCCN=C(N)N)C(=O)O. The predicted molar refractivity (Wildman–Crippen MR) is 428 cm³/mol. The number of unbranched alkanes of at least 4 members (excludes halogenated alkanes) is 3. The van der Waals surface area contributed by atoms with Gasteiger partial charge in [-0.15, -0.1) is 0 Å². The van der Waals surface area contributed by atoms with Crippen LogP contribution >= 0.6 is 11.8 Å². The summed E-state index contributed by atoms with van der Waals surface area (Å²) in [5, 5.41) is 67.3. The number of phenolic OH excluding ortho intramolecular Hbond substituents is 1. The van der Waals surface area contributed by atoms with Gasteiger partial charge in [-0.3, -0.25) is 67.3 Å². The van der Waals surface area contributed by atoms with Gasteiger partial charge in [-0.2, -0.15) is 11.8 Å². The number of hydrogen-bond donors (Lipinski definition) is 19. The lowest BCUT2D eigenvalue weighted by atomic mass is 10.0. The van der Waals surface area contributed by atoms with Crippen molar-refractivity contribution in [3.8, 4) is 5.75 Å². The molecule has 115 heavy (non-hydrogen) atoms. The van der Waals surface area contributed by atoms with Crippen LogP contribution in [0.1, 0.15) is 140 Å². The molecular formula is C78H114N18O18S. The standard InChI is InChI=1S/C78H114N18O18S/c1-45(2)38-57(69(105)86-46(3)66(102)90-56(77(113)114)23-15-34-84-78(81)82)93-74(110)63-25-17-36-96(63)76(112)55(31-37-115-4)89-73(109)62-24-16-35-95(62)75(111)54(22-12-13-32-79)88-71(107)59(39-47-18-7-5-8-19-47)92-72(108)61(44-97)94-70(106)58(40-48-27-29-50(98)30-28-48)87-64(99)26-9-6-14-33-83-68(104)60(91-67(103)52(80)42-65(100)101)41-49-43-85-53-21-11-10-20-51(49)53/h5,7-8,10-11,18-21,27-30,43,45-46,52,54-63,85,97-98H,6,9,12-17,22-26,31-42,44,79-80H2,1-4H3,(H,83,104)(H,86,105)(H,87,99)(H,88,107)(H,89,109)(H,90,102)(H,91,103)(H,92,108)(H,93,110)(H,94,106)(H,100,101)(H,113,114)(H4,81,82,84)/t46-,52-,54-,55+,56+,57+,58-,59-,60-,61-,62+,63-/m0/s1. The zero-order valence-corrected chi connectivity index (χ0v) is 66.4. The molecule has 1 aromatic heterocycles. The number of nitrogens with two attached hydrogens (primary N) is 4. The van der Waals surface area contributed by atoms with E-state index in [0.29, 0.717) is 61.0 Å². The number of carbonyl (C=O) groups excluding carboxylic acids is 12. The molecule has 0 radical (unpaired) electrons. The van der Waals surface area contributed by atoms with E-state index in [2.05, 4.69) is 63.1 Å². The molecule has 2 aliphatic rings. The second-order valence-electron chi connectivity index (χ2n) is 29.3. The Balaban J connectivity index is 1.10. The Morgan fingerprint density at radius 1 is 0.565 bits per heavy atom. The monoisotopic (exact) mass is 1620 g/mol. The normalized spacial score (nSPS) is 16.5. The average Bonchev–Trinajstić information content (AvgIpc) is 1.72. The first kappa shape index (κ1) is 92.9. The van der Waals surface area contributed by atoms with Gasteiger partial charge in [0, 0.05) is 69.0 Å². The number of nitrogens with one attached hydrogen (secondary N) is 11. The molecule has 2 fully saturated rings. The minimum Gasteiger partial charge on any atom is -0.508 e. The maximum Gasteiger partial charge on any atom is 0.326 e. The minimum absolute atomic E-state index is 0.0155. The summed E-state index contributed by atoms with van der Waals surface area (Å²) >= 11 is 1.40. The molecule has 2 aliphatic heterocycles. The van der Waals surface area contributed by atoms with Crippen LogP contribution in [0.5, 0.6) is 5.75 Å². The number of aromatic hydroxyl groups is 1. The summed E-state index contributed by atoms with van der Waals surface area (Å²) in [7, 11) is 0. The largest absolute Gasteiger partial charge is 0.508 e. The number of phenols is 1. The molecule has 3 heterocycles. The van der Waals surface area contributed by atoms with Crippen LogP contribution in [0, 0.1) is 5.92 Å². The third-order valence-corrected chi connectivity index (χ3v) is 20.4. The quantitative estimate of drug-likeness (QED) is 0.0140. The summed E-state index contributed by atoms with van der Waals surface area (Å²) in [6, 6.07) is 6.13. The van der Waals surface area contributed by atoms with Crippen LogP contribution < -0.4 is 76.1 Å². The van der Waals surface area contributed by atoms with Crippen molar-refractivity contribution in [1.29, 1.82) is 0 Å². The molecule has 0 unspecified atom stereocenters. The molecule has 0 bridgehead atoms. The molecule has 12 atom stereocenters. The molecule has 0 aliphatic carbocycles. The number of nitrogens with zero attached hydrogens (tertiary/aromatic N) is 3. The zero-order valence-electron chi connectivity index (χ0n) is 65.5. The van der Waals surface area contributed by atoms with Crippen molar-refractivity contribution in [3.05, 3.63) is 102 Å². The van der Waals surface area contributed by atoms with Crippen LogP contribution in [0.25, 0.3) is 10.9 Å². The number of aliphatic hydroxyl groups excluding tert-OH is 1. The molecule has 0 saturated carbocycles. The van der Waals surface area contributed by atoms with Gasteiger partial charge >= 0.3 is 11.9 Å². The van der Waals surface area contributed by atoms with Crippen LogP contribution in [0.3, 0.4) is 0 Å². The number of hydrogen-bond acceptors (Lipinski definition) is 20. The van der Waals surface area contributed by atoms with Gasteiger partial charge in [0.15, 0.2) is 5.96 Å². The summed E-state index contributed by atoms with van der Waals surface area (Å²) in [5.41, 5.74) is 25.0. The lowest BCUT2D eigenvalue weighted by Crippen LogP contribution is -2.61. The van der Waals surface area contributed by atoms with E-state index < -0.39 is 168 Å². The maximum atomic E-state index is 15.0. The van der Waals surface area contributed by atoms with E-state index in [1.807, 2.05) is 44.4 Å². The third-order valence-electron chi connectivity index (χ3n) is 19.7. The van der Waals surface area contributed by atoms with Crippen molar-refractivity contribution in [2.45, 2.75) is 215 Å². The van der Waals surface area contributed by atoms with Crippen molar-refractivity contribution in [2.24, 2.45) is 33.8 Å². The molecular weight excluding hydrogens is 1510 g/mol. The number of rotatable bonds is 49. The van der Waals surface area contributed by atoms with Crippen molar-refractivity contribution >= 4 is 111 Å². The van der Waals surface area contributed by atoms with Crippen molar-refractivity contribution < 1.29 is 87.5 Å². The van der Waals surface area contributed by atoms with E-state index in [1.54, 1.807) is 36.5 Å². The highest BCUT2D eigenvalue weighted by molar-refractivity contribution is 7.98. The van der Waals surface area contributed by atoms with Gasteiger partial charge in [-0.05, 0) is 150 Å². The topological polar surface area (TPSA) is 579 Å². The first-order chi connectivity index (χ1) is 54.9. The van der Waals surface area contributed by atoms with Crippen LogP contribution in [-0.2, 0) is 86.4 Å². The van der Waals surface area contributed by atoms with Gasteiger partial charge in [-0.25, -0.2) is 4.79 Å². The molecule has 36 nitrogen and oxygen atoms in total. The fourth-order valence-electron chi connectivity index (χ4n) is 13.6. The number of aliphatic carboxylic acids is 2. The number of aromatic nitrogens is 1. The lowest BCUT2D eigenvalue weighted by Gasteiger charge is -2.32. The number of H-pyrrole nitrogens is 1. The number of aromatic amines is 1. The number of carboxylic acids is 2. The fourth-order valence-corrected chi connectivity index (χ4v) is 14.0. The molecule has 6 rings (SSSR count). The van der Waals surface area contributed by atoms with Crippen molar-refractivity contribution in [1.82, 2.24) is 68.0 Å². The first-order valence-electron chi connectivity index (χ1n) is 38.9. The number of fused-ring (bicyclic) bond motifs is 1. The molecule has 23 N–H and O–H groups in total. The molecule has 0 spiro atoms. The highest BCUT2D eigenvalue weighted by Gasteiger charge is 2.43. The van der Waals surface area contributed by atoms with Gasteiger partial charge in [0.25, 0.3) is 0 Å². The van der Waals surface area contributed by atoms with E-state index in [-0.39, 0.29) is 127 Å². The Morgan fingerprint density at radius 2 is 1.10 bits per heavy atom. The number of thioether (sulfide) groups is 1. The Kier molecular flexibility index (Phi) is 38.5. The number of carbonyl (C=O) groups is 14. The van der Waals surface area contributed by atoms with E-state index >= 15 is 4.79 Å². The van der Waals surface area contributed by atoms with Crippen LogP contribution in [0.2, 0.25) is 0 Å². The van der Waals surface area contributed by atoms with E-state index in [9.17, 15) is 82.8 Å². The summed E-state index contributed by atoms with van der Waals surface area (Å²) in [6.07, 6.45) is 5.90. The second kappa shape index (κ2) is 47.7.